The van der Waals surface area contributed by atoms with E-state index in [1.165, 1.54) is 0 Å². The maximum absolute atomic E-state index is 10.3. The molecule has 2 aliphatic rings. The first-order valence-corrected chi connectivity index (χ1v) is 6.86. The van der Waals surface area contributed by atoms with Gasteiger partial charge < -0.3 is 24.1 Å². The number of fused-ring (bicyclic) bond motifs is 1. The van der Waals surface area contributed by atoms with E-state index in [0.29, 0.717) is 13.2 Å². The van der Waals surface area contributed by atoms with Crippen LogP contribution in [0.4, 0.5) is 0 Å². The molecule has 4 atom stereocenters. The second kappa shape index (κ2) is 5.42. The van der Waals surface area contributed by atoms with Crippen molar-refractivity contribution in [2.24, 2.45) is 0 Å². The normalized spacial score (nSPS) is 35.8. The van der Waals surface area contributed by atoms with Crippen LogP contribution < -0.4 is 0 Å². The summed E-state index contributed by atoms with van der Waals surface area (Å²) in [6.45, 7) is 4.42. The van der Waals surface area contributed by atoms with Gasteiger partial charge in [0, 0.05) is 0 Å². The van der Waals surface area contributed by atoms with Gasteiger partial charge in [-0.05, 0) is 19.4 Å². The number of aliphatic hydroxyl groups excluding tert-OH is 1. The highest BCUT2D eigenvalue weighted by atomic mass is 16.8. The van der Waals surface area contributed by atoms with E-state index in [4.69, 9.17) is 18.9 Å². The topological polar surface area (TPSA) is 57.2 Å². The molecule has 0 radical (unpaired) electrons. The summed E-state index contributed by atoms with van der Waals surface area (Å²) in [4.78, 5) is 0. The molecule has 0 aliphatic carbocycles. The molecular formula is C15H20O5. The summed E-state index contributed by atoms with van der Waals surface area (Å²) in [5.41, 5.74) is 1.04. The lowest BCUT2D eigenvalue weighted by atomic mass is 10.1. The van der Waals surface area contributed by atoms with Crippen molar-refractivity contribution in [3.05, 3.63) is 35.9 Å². The first-order chi connectivity index (χ1) is 9.55. The summed E-state index contributed by atoms with van der Waals surface area (Å²) < 4.78 is 22.6. The molecule has 1 aromatic carbocycles. The van der Waals surface area contributed by atoms with E-state index >= 15 is 0 Å². The minimum Gasteiger partial charge on any atom is -0.385 e. The molecule has 0 spiro atoms. The minimum absolute atomic E-state index is 0.239. The van der Waals surface area contributed by atoms with Gasteiger partial charge in [0.05, 0.1) is 13.2 Å². The first-order valence-electron chi connectivity index (χ1n) is 6.86. The molecule has 2 fully saturated rings. The van der Waals surface area contributed by atoms with Crippen LogP contribution in [0.1, 0.15) is 19.4 Å². The van der Waals surface area contributed by atoms with Crippen LogP contribution in [0.3, 0.4) is 0 Å². The Bertz CT molecular complexity index is 447. The highest BCUT2D eigenvalue weighted by Crippen LogP contribution is 2.34. The molecule has 0 bridgehead atoms. The molecule has 0 amide bonds. The number of ether oxygens (including phenoxy) is 4. The molecule has 0 unspecified atom stereocenters. The van der Waals surface area contributed by atoms with Gasteiger partial charge in [-0.3, -0.25) is 0 Å². The van der Waals surface area contributed by atoms with E-state index in [2.05, 4.69) is 0 Å². The molecular weight excluding hydrogens is 260 g/mol. The predicted molar refractivity (Wildman–Crippen MR) is 70.8 cm³/mol. The lowest BCUT2D eigenvalue weighted by molar-refractivity contribution is -0.255. The fourth-order valence-corrected chi connectivity index (χ4v) is 2.62. The van der Waals surface area contributed by atoms with Gasteiger partial charge in [0.2, 0.25) is 0 Å². The van der Waals surface area contributed by atoms with Crippen molar-refractivity contribution in [3.63, 3.8) is 0 Å². The Labute approximate surface area is 118 Å². The first kappa shape index (κ1) is 14.0. The fourth-order valence-electron chi connectivity index (χ4n) is 2.62. The van der Waals surface area contributed by atoms with Crippen molar-refractivity contribution in [1.82, 2.24) is 0 Å². The van der Waals surface area contributed by atoms with E-state index in [1.807, 2.05) is 44.2 Å². The Balaban J connectivity index is 1.59. The average Bonchev–Trinajstić information content (AvgIpc) is 2.75. The third kappa shape index (κ3) is 2.87. The van der Waals surface area contributed by atoms with Crippen molar-refractivity contribution in [3.8, 4) is 0 Å². The number of rotatable bonds is 3. The Morgan fingerprint density at radius 2 is 2.00 bits per heavy atom. The maximum Gasteiger partial charge on any atom is 0.186 e. The van der Waals surface area contributed by atoms with Gasteiger partial charge in [-0.25, -0.2) is 0 Å². The van der Waals surface area contributed by atoms with E-state index in [9.17, 15) is 5.11 Å². The number of benzene rings is 1. The summed E-state index contributed by atoms with van der Waals surface area (Å²) in [6.07, 6.45) is -2.18. The van der Waals surface area contributed by atoms with E-state index < -0.39 is 24.3 Å². The molecule has 110 valence electrons. The molecule has 2 aliphatic heterocycles. The van der Waals surface area contributed by atoms with Crippen LogP contribution in [0.2, 0.25) is 0 Å². The van der Waals surface area contributed by atoms with E-state index in [0.717, 1.165) is 5.56 Å². The van der Waals surface area contributed by atoms with Crippen LogP contribution in [0.25, 0.3) is 0 Å². The summed E-state index contributed by atoms with van der Waals surface area (Å²) in [5.74, 6) is -0.687. The van der Waals surface area contributed by atoms with Crippen LogP contribution in [0.15, 0.2) is 30.3 Å². The summed E-state index contributed by atoms with van der Waals surface area (Å²) in [5, 5.41) is 10.3. The van der Waals surface area contributed by atoms with Gasteiger partial charge >= 0.3 is 0 Å². The smallest absolute Gasteiger partial charge is 0.186 e. The average molecular weight is 280 g/mol. The molecule has 0 aromatic heterocycles. The van der Waals surface area contributed by atoms with Crippen molar-refractivity contribution in [1.29, 1.82) is 0 Å². The quantitative estimate of drug-likeness (QED) is 0.908. The van der Waals surface area contributed by atoms with Gasteiger partial charge in [0.1, 0.15) is 18.3 Å². The van der Waals surface area contributed by atoms with Crippen LogP contribution in [-0.2, 0) is 25.6 Å². The molecule has 20 heavy (non-hydrogen) atoms. The molecule has 1 aromatic rings. The standard InChI is InChI=1S/C15H20O5/c1-15(2)19-11-9-18-14(12(16)13(11)20-15)17-8-10-6-4-3-5-7-10/h3-7,11-14,16H,8-9H2,1-2H3/t11-,12+,13+,14-/m0/s1. The van der Waals surface area contributed by atoms with Crippen molar-refractivity contribution >= 4 is 0 Å². The van der Waals surface area contributed by atoms with Crippen LogP contribution in [-0.4, -0.2) is 42.1 Å². The second-order valence-corrected chi connectivity index (χ2v) is 5.63. The Hall–Kier alpha value is -0.980. The number of hydrogen-bond acceptors (Lipinski definition) is 5. The molecule has 1 N–H and O–H groups in total. The van der Waals surface area contributed by atoms with E-state index in [-0.39, 0.29) is 6.10 Å². The predicted octanol–water partition coefficient (Wildman–Crippen LogP) is 1.44. The number of hydrogen-bond donors (Lipinski definition) is 1. The van der Waals surface area contributed by atoms with Gasteiger partial charge in [0.15, 0.2) is 12.1 Å². The second-order valence-electron chi connectivity index (χ2n) is 5.63. The SMILES string of the molecule is CC1(C)O[C@H]2[C@@H](O)[C@@H](OCc3ccccc3)OC[C@@H]2O1. The fraction of sp³-hybridized carbons (Fsp3) is 0.600. The lowest BCUT2D eigenvalue weighted by Crippen LogP contribution is -2.52. The van der Waals surface area contributed by atoms with Crippen molar-refractivity contribution < 1.29 is 24.1 Å². The largest absolute Gasteiger partial charge is 0.385 e. The minimum atomic E-state index is -0.848. The highest BCUT2D eigenvalue weighted by Gasteiger charge is 2.50. The highest BCUT2D eigenvalue weighted by molar-refractivity contribution is 5.13. The summed E-state index contributed by atoms with van der Waals surface area (Å²) in [7, 11) is 0. The van der Waals surface area contributed by atoms with Gasteiger partial charge in [-0.15, -0.1) is 0 Å². The lowest BCUT2D eigenvalue weighted by Gasteiger charge is -2.34. The molecule has 3 rings (SSSR count). The monoisotopic (exact) mass is 280 g/mol. The van der Waals surface area contributed by atoms with Crippen molar-refractivity contribution in [2.45, 2.75) is 50.8 Å². The number of aliphatic hydroxyl groups is 1. The molecule has 2 saturated heterocycles. The molecule has 0 saturated carbocycles. The molecule has 5 heteroatoms. The Kier molecular flexibility index (Phi) is 3.79. The zero-order valence-electron chi connectivity index (χ0n) is 11.7. The maximum atomic E-state index is 10.3. The van der Waals surface area contributed by atoms with Gasteiger partial charge in [0.25, 0.3) is 0 Å². The van der Waals surface area contributed by atoms with Crippen LogP contribution >= 0.6 is 0 Å². The zero-order valence-corrected chi connectivity index (χ0v) is 11.7. The summed E-state index contributed by atoms with van der Waals surface area (Å²) in [6, 6.07) is 9.78. The van der Waals surface area contributed by atoms with E-state index in [1.54, 1.807) is 0 Å². The van der Waals surface area contributed by atoms with Crippen LogP contribution in [0.5, 0.6) is 0 Å². The van der Waals surface area contributed by atoms with Gasteiger partial charge in [-0.1, -0.05) is 30.3 Å². The van der Waals surface area contributed by atoms with Gasteiger partial charge in [-0.2, -0.15) is 0 Å². The van der Waals surface area contributed by atoms with Crippen molar-refractivity contribution in [2.75, 3.05) is 6.61 Å². The summed E-state index contributed by atoms with van der Waals surface area (Å²) >= 11 is 0. The molecule has 2 heterocycles. The molecule has 5 nitrogen and oxygen atoms in total. The Morgan fingerprint density at radius 3 is 2.75 bits per heavy atom. The Morgan fingerprint density at radius 1 is 1.25 bits per heavy atom. The third-order valence-electron chi connectivity index (χ3n) is 3.52. The zero-order chi connectivity index (χ0) is 14.2. The van der Waals surface area contributed by atoms with Crippen LogP contribution in [0, 0.1) is 0 Å². The third-order valence-corrected chi connectivity index (χ3v) is 3.52.